The van der Waals surface area contributed by atoms with E-state index in [-0.39, 0.29) is 36.5 Å². The summed E-state index contributed by atoms with van der Waals surface area (Å²) in [6.45, 7) is 4.12. The Hall–Kier alpha value is -1.84. The number of nitrogens with zero attached hydrogens (tertiary/aromatic N) is 1. The number of ether oxygens (including phenoxy) is 2. The number of anilines is 1. The van der Waals surface area contributed by atoms with Gasteiger partial charge in [-0.25, -0.2) is 0 Å². The maximum absolute atomic E-state index is 12.6. The molecule has 3 N–H and O–H groups in total. The van der Waals surface area contributed by atoms with Crippen LogP contribution in [-0.2, 0) is 14.9 Å². The molecule has 9 heteroatoms. The van der Waals surface area contributed by atoms with E-state index in [1.165, 1.54) is 29.6 Å². The van der Waals surface area contributed by atoms with Gasteiger partial charge in [0.1, 0.15) is 5.75 Å². The molecule has 0 aliphatic carbocycles. The van der Waals surface area contributed by atoms with Crippen molar-refractivity contribution in [1.29, 1.82) is 0 Å². The van der Waals surface area contributed by atoms with Crippen molar-refractivity contribution in [3.63, 3.8) is 0 Å². The van der Waals surface area contributed by atoms with Gasteiger partial charge in [0.05, 0.1) is 25.0 Å². The number of primary amides is 1. The molecular weight excluding hydrogens is 322 g/mol. The van der Waals surface area contributed by atoms with Crippen molar-refractivity contribution in [3.8, 4) is 5.75 Å². The van der Waals surface area contributed by atoms with Crippen LogP contribution >= 0.6 is 0 Å². The maximum Gasteiger partial charge on any atom is 0.301 e. The molecular formula is C14H21N3O5S. The highest BCUT2D eigenvalue weighted by atomic mass is 32.2. The lowest BCUT2D eigenvalue weighted by atomic mass is 10.2. The molecule has 1 aliphatic rings. The molecule has 1 saturated heterocycles. The summed E-state index contributed by atoms with van der Waals surface area (Å²) < 4.78 is 39.6. The number of hydrogen-bond donors (Lipinski definition) is 2. The predicted octanol–water partition coefficient (Wildman–Crippen LogP) is 0.560. The van der Waals surface area contributed by atoms with E-state index in [9.17, 15) is 13.2 Å². The summed E-state index contributed by atoms with van der Waals surface area (Å²) >= 11 is 0. The van der Waals surface area contributed by atoms with Crippen LogP contribution in [0, 0.1) is 0 Å². The van der Waals surface area contributed by atoms with Gasteiger partial charge >= 0.3 is 10.2 Å². The first kappa shape index (κ1) is 17.5. The molecule has 1 fully saturated rings. The molecule has 2 rings (SSSR count). The molecule has 1 amide bonds. The number of morpholine rings is 1. The van der Waals surface area contributed by atoms with Crippen LogP contribution in [0.5, 0.6) is 5.75 Å². The molecule has 0 radical (unpaired) electrons. The molecule has 0 aromatic heterocycles. The van der Waals surface area contributed by atoms with Gasteiger partial charge in [-0.05, 0) is 32.0 Å². The Bertz CT molecular complexity index is 682. The van der Waals surface area contributed by atoms with E-state index in [1.54, 1.807) is 0 Å². The standard InChI is InChI=1S/C14H21N3O5S/c1-9-7-17(8-10(2)22-9)23(19,20)16-12-6-11(14(15)18)4-5-13(12)21-3/h4-6,9-10,16H,7-8H2,1-3H3,(H2,15,18). The number of nitrogens with two attached hydrogens (primary N) is 1. The van der Waals surface area contributed by atoms with Crippen molar-refractivity contribution >= 4 is 21.8 Å². The van der Waals surface area contributed by atoms with Crippen molar-refractivity contribution in [2.75, 3.05) is 24.9 Å². The van der Waals surface area contributed by atoms with Crippen molar-refractivity contribution in [2.24, 2.45) is 5.73 Å². The molecule has 1 aliphatic heterocycles. The van der Waals surface area contributed by atoms with Gasteiger partial charge in [-0.1, -0.05) is 0 Å². The summed E-state index contributed by atoms with van der Waals surface area (Å²) in [5.74, 6) is -0.352. The quantitative estimate of drug-likeness (QED) is 0.811. The van der Waals surface area contributed by atoms with E-state index in [2.05, 4.69) is 4.72 Å². The normalized spacial score (nSPS) is 22.6. The van der Waals surface area contributed by atoms with Gasteiger partial charge in [0.2, 0.25) is 5.91 Å². The number of carbonyl (C=O) groups is 1. The first-order valence-corrected chi connectivity index (χ1v) is 8.58. The zero-order valence-electron chi connectivity index (χ0n) is 13.3. The van der Waals surface area contributed by atoms with E-state index in [0.29, 0.717) is 5.75 Å². The minimum absolute atomic E-state index is 0.163. The molecule has 1 heterocycles. The SMILES string of the molecule is COc1ccc(C(N)=O)cc1NS(=O)(=O)N1CC(C)OC(C)C1. The maximum atomic E-state index is 12.6. The van der Waals surface area contributed by atoms with Crippen LogP contribution in [0.4, 0.5) is 5.69 Å². The lowest BCUT2D eigenvalue weighted by Gasteiger charge is -2.34. The van der Waals surface area contributed by atoms with Crippen LogP contribution < -0.4 is 15.2 Å². The summed E-state index contributed by atoms with van der Waals surface area (Å²) in [4.78, 5) is 11.3. The zero-order valence-corrected chi connectivity index (χ0v) is 14.1. The van der Waals surface area contributed by atoms with E-state index in [0.717, 1.165) is 0 Å². The average molecular weight is 343 g/mol. The summed E-state index contributed by atoms with van der Waals surface area (Å²) in [5.41, 5.74) is 5.58. The highest BCUT2D eigenvalue weighted by molar-refractivity contribution is 7.90. The highest BCUT2D eigenvalue weighted by Crippen LogP contribution is 2.27. The molecule has 0 saturated carbocycles. The van der Waals surface area contributed by atoms with E-state index in [4.69, 9.17) is 15.2 Å². The molecule has 2 unspecified atom stereocenters. The number of amides is 1. The summed E-state index contributed by atoms with van der Waals surface area (Å²) in [5, 5.41) is 0. The number of benzene rings is 1. The number of carbonyl (C=O) groups excluding carboxylic acids is 1. The molecule has 0 spiro atoms. The van der Waals surface area contributed by atoms with Crippen LogP contribution in [0.2, 0.25) is 0 Å². The van der Waals surface area contributed by atoms with Gasteiger partial charge in [0.25, 0.3) is 0 Å². The van der Waals surface area contributed by atoms with Gasteiger partial charge in [0.15, 0.2) is 0 Å². The fraction of sp³-hybridized carbons (Fsp3) is 0.500. The van der Waals surface area contributed by atoms with Crippen molar-refractivity contribution < 1.29 is 22.7 Å². The van der Waals surface area contributed by atoms with Crippen LogP contribution in [0.15, 0.2) is 18.2 Å². The van der Waals surface area contributed by atoms with E-state index >= 15 is 0 Å². The number of nitrogens with one attached hydrogen (secondary N) is 1. The van der Waals surface area contributed by atoms with Crippen LogP contribution in [0.1, 0.15) is 24.2 Å². The monoisotopic (exact) mass is 343 g/mol. The molecule has 23 heavy (non-hydrogen) atoms. The summed E-state index contributed by atoms with van der Waals surface area (Å²) in [6.07, 6.45) is -0.400. The van der Waals surface area contributed by atoms with Crippen molar-refractivity contribution in [1.82, 2.24) is 4.31 Å². The largest absolute Gasteiger partial charge is 0.495 e. The van der Waals surface area contributed by atoms with Crippen LogP contribution in [0.3, 0.4) is 0 Å². The zero-order chi connectivity index (χ0) is 17.2. The fourth-order valence-corrected chi connectivity index (χ4v) is 3.85. The highest BCUT2D eigenvalue weighted by Gasteiger charge is 2.31. The molecule has 2 atom stereocenters. The summed E-state index contributed by atoms with van der Waals surface area (Å²) in [7, 11) is -2.39. The lowest BCUT2D eigenvalue weighted by Crippen LogP contribution is -2.49. The van der Waals surface area contributed by atoms with Gasteiger partial charge in [-0.15, -0.1) is 0 Å². The molecule has 0 bridgehead atoms. The van der Waals surface area contributed by atoms with E-state index < -0.39 is 16.1 Å². The second-order valence-electron chi connectivity index (χ2n) is 5.46. The number of methoxy groups -OCH3 is 1. The third-order valence-corrected chi connectivity index (χ3v) is 4.90. The van der Waals surface area contributed by atoms with Crippen LogP contribution in [-0.4, -0.2) is 51.0 Å². The smallest absolute Gasteiger partial charge is 0.301 e. The minimum Gasteiger partial charge on any atom is -0.495 e. The lowest BCUT2D eigenvalue weighted by molar-refractivity contribution is -0.0439. The van der Waals surface area contributed by atoms with Gasteiger partial charge in [0, 0.05) is 18.7 Å². The van der Waals surface area contributed by atoms with Gasteiger partial charge < -0.3 is 15.2 Å². The Kier molecular flexibility index (Phi) is 5.12. The van der Waals surface area contributed by atoms with Crippen LogP contribution in [0.25, 0.3) is 0 Å². The Morgan fingerprint density at radius 2 is 1.96 bits per heavy atom. The third kappa shape index (κ3) is 4.12. The summed E-state index contributed by atoms with van der Waals surface area (Å²) in [6, 6.07) is 4.31. The topological polar surface area (TPSA) is 111 Å². The number of rotatable bonds is 5. The first-order chi connectivity index (χ1) is 10.7. The van der Waals surface area contributed by atoms with Gasteiger partial charge in [-0.2, -0.15) is 12.7 Å². The molecule has 1 aromatic rings. The minimum atomic E-state index is -3.81. The van der Waals surface area contributed by atoms with E-state index in [1.807, 2.05) is 13.8 Å². The Morgan fingerprint density at radius 1 is 1.35 bits per heavy atom. The van der Waals surface area contributed by atoms with Crippen molar-refractivity contribution in [2.45, 2.75) is 26.1 Å². The molecule has 1 aromatic carbocycles. The first-order valence-electron chi connectivity index (χ1n) is 7.14. The third-order valence-electron chi connectivity index (χ3n) is 3.45. The Morgan fingerprint density at radius 3 is 2.48 bits per heavy atom. The Balaban J connectivity index is 2.29. The molecule has 8 nitrogen and oxygen atoms in total. The number of hydrogen-bond acceptors (Lipinski definition) is 5. The van der Waals surface area contributed by atoms with Gasteiger partial charge in [-0.3, -0.25) is 9.52 Å². The second kappa shape index (κ2) is 6.73. The second-order valence-corrected chi connectivity index (χ2v) is 7.13. The average Bonchev–Trinajstić information content (AvgIpc) is 2.45. The predicted molar refractivity (Wildman–Crippen MR) is 85.6 cm³/mol. The van der Waals surface area contributed by atoms with Crippen molar-refractivity contribution in [3.05, 3.63) is 23.8 Å². The molecule has 128 valence electrons. The fourth-order valence-electron chi connectivity index (χ4n) is 2.47. The Labute approximate surface area is 135 Å².